The molecule has 0 aliphatic carbocycles. The Kier molecular flexibility index (Phi) is 7.85. The lowest BCUT2D eigenvalue weighted by Crippen LogP contribution is -2.11. The molecule has 0 atom stereocenters. The molecule has 0 fully saturated rings. The summed E-state index contributed by atoms with van der Waals surface area (Å²) in [5.41, 5.74) is 14.5. The van der Waals surface area contributed by atoms with Crippen LogP contribution in [0.25, 0.3) is 66.4 Å². The van der Waals surface area contributed by atoms with Gasteiger partial charge in [-0.1, -0.05) is 158 Å². The van der Waals surface area contributed by atoms with Crippen LogP contribution >= 0.6 is 0 Å². The molecule has 10 rings (SSSR count). The van der Waals surface area contributed by atoms with Crippen molar-refractivity contribution in [2.45, 2.75) is 0 Å². The summed E-state index contributed by atoms with van der Waals surface area (Å²) in [6, 6.07) is 75.7. The zero-order chi connectivity index (χ0) is 35.8. The topological polar surface area (TPSA) is 12.5 Å². The molecule has 1 heterocycles. The van der Waals surface area contributed by atoms with Gasteiger partial charge in [-0.3, -0.25) is 0 Å². The van der Waals surface area contributed by atoms with Gasteiger partial charge in [0.05, 0.1) is 5.69 Å². The summed E-state index contributed by atoms with van der Waals surface area (Å²) in [4.78, 5) is 2.33. The average molecular weight is 690 g/mol. The molecule has 0 spiro atoms. The second kappa shape index (κ2) is 13.4. The first-order chi connectivity index (χ1) is 26.8. The summed E-state index contributed by atoms with van der Waals surface area (Å²) < 4.78 is 7.27. The Bertz CT molecular complexity index is 2670. The summed E-state index contributed by atoms with van der Waals surface area (Å²) in [6.45, 7) is 0. The Labute approximate surface area is 315 Å². The lowest BCUT2D eigenvalue weighted by molar-refractivity contribution is 0.489. The lowest BCUT2D eigenvalue weighted by atomic mass is 9.90. The van der Waals surface area contributed by atoms with E-state index in [1.54, 1.807) is 0 Å². The number of benzene rings is 9. The Hall–Kier alpha value is -7.16. The largest absolute Gasteiger partial charge is 0.454 e. The van der Waals surface area contributed by atoms with Gasteiger partial charge < -0.3 is 9.64 Å². The number of hydrogen-bond donors (Lipinski definition) is 0. The minimum absolute atomic E-state index is 0.817. The summed E-state index contributed by atoms with van der Waals surface area (Å²) in [5.74, 6) is 1.65. The number of nitrogens with zero attached hydrogens (tertiary/aromatic N) is 1. The van der Waals surface area contributed by atoms with Crippen LogP contribution in [0.5, 0.6) is 11.5 Å². The van der Waals surface area contributed by atoms with Gasteiger partial charge in [-0.2, -0.15) is 0 Å². The first kappa shape index (κ1) is 31.6. The third-order valence-corrected chi connectivity index (χ3v) is 10.5. The van der Waals surface area contributed by atoms with E-state index >= 15 is 0 Å². The maximum atomic E-state index is 7.27. The van der Waals surface area contributed by atoms with Gasteiger partial charge in [0, 0.05) is 22.5 Å². The highest BCUT2D eigenvalue weighted by atomic mass is 16.5. The van der Waals surface area contributed by atoms with Crippen LogP contribution in [0.4, 0.5) is 17.1 Å². The van der Waals surface area contributed by atoms with E-state index in [4.69, 9.17) is 4.74 Å². The van der Waals surface area contributed by atoms with Crippen LogP contribution in [0, 0.1) is 0 Å². The molecule has 2 heteroatoms. The van der Waals surface area contributed by atoms with Crippen molar-refractivity contribution >= 4 is 27.8 Å². The van der Waals surface area contributed by atoms with Crippen LogP contribution in [0.2, 0.25) is 0 Å². The molecule has 1 aliphatic rings. The Balaban J connectivity index is 1.19. The monoisotopic (exact) mass is 689 g/mol. The highest BCUT2D eigenvalue weighted by Crippen LogP contribution is 2.54. The van der Waals surface area contributed by atoms with E-state index in [0.29, 0.717) is 0 Å². The molecule has 9 aromatic carbocycles. The van der Waals surface area contributed by atoms with Crippen LogP contribution in [0.3, 0.4) is 0 Å². The van der Waals surface area contributed by atoms with E-state index < -0.39 is 0 Å². The zero-order valence-corrected chi connectivity index (χ0v) is 29.6. The highest BCUT2D eigenvalue weighted by molar-refractivity contribution is 6.02. The van der Waals surface area contributed by atoms with Gasteiger partial charge in [-0.05, 0) is 110 Å². The molecule has 9 aromatic rings. The summed E-state index contributed by atoms with van der Waals surface area (Å²) in [5, 5.41) is 2.40. The van der Waals surface area contributed by atoms with E-state index in [9.17, 15) is 0 Å². The van der Waals surface area contributed by atoms with Gasteiger partial charge in [0.1, 0.15) is 5.75 Å². The molecule has 2 nitrogen and oxygen atoms in total. The molecular weight excluding hydrogens is 655 g/mol. The van der Waals surface area contributed by atoms with Crippen molar-refractivity contribution in [1.82, 2.24) is 0 Å². The lowest BCUT2D eigenvalue weighted by Gasteiger charge is -2.28. The normalized spacial score (nSPS) is 11.5. The van der Waals surface area contributed by atoms with E-state index in [0.717, 1.165) is 61.9 Å². The summed E-state index contributed by atoms with van der Waals surface area (Å²) in [7, 11) is 0. The number of anilines is 3. The molecule has 1 aliphatic heterocycles. The van der Waals surface area contributed by atoms with Gasteiger partial charge in [0.2, 0.25) is 0 Å². The molecule has 0 radical (unpaired) electrons. The highest BCUT2D eigenvalue weighted by Gasteiger charge is 2.27. The van der Waals surface area contributed by atoms with Crippen LogP contribution in [0.15, 0.2) is 212 Å². The molecule has 54 heavy (non-hydrogen) atoms. The van der Waals surface area contributed by atoms with Crippen LogP contribution < -0.4 is 9.64 Å². The maximum absolute atomic E-state index is 7.27. The molecule has 0 N–H and O–H groups in total. The fourth-order valence-electron chi connectivity index (χ4n) is 7.75. The van der Waals surface area contributed by atoms with E-state index in [1.165, 1.54) is 33.0 Å². The van der Waals surface area contributed by atoms with Crippen molar-refractivity contribution < 1.29 is 4.74 Å². The summed E-state index contributed by atoms with van der Waals surface area (Å²) >= 11 is 0. The van der Waals surface area contributed by atoms with Gasteiger partial charge >= 0.3 is 0 Å². The molecule has 0 unspecified atom stereocenters. The van der Waals surface area contributed by atoms with Gasteiger partial charge in [0.15, 0.2) is 5.75 Å². The number of hydrogen-bond acceptors (Lipinski definition) is 2. The standard InChI is InChI=1S/C52H35NO/c1-4-13-36(14-5-1)39-23-28-44(29-24-39)53(45-30-25-40(26-31-45)37-15-6-2-7-16-37)50-22-12-21-47-49-34-42-20-11-10-19-41(42)33-48(49)46-32-27-43(35-51(46)54-52(47)50)38-17-8-3-9-18-38/h1-35H. The van der Waals surface area contributed by atoms with Crippen molar-refractivity contribution in [3.63, 3.8) is 0 Å². The molecule has 0 bridgehead atoms. The first-order valence-electron chi connectivity index (χ1n) is 18.4. The Morgan fingerprint density at radius 3 is 1.28 bits per heavy atom. The Morgan fingerprint density at radius 2 is 0.741 bits per heavy atom. The minimum atomic E-state index is 0.817. The minimum Gasteiger partial charge on any atom is -0.454 e. The third-order valence-electron chi connectivity index (χ3n) is 10.5. The van der Waals surface area contributed by atoms with Crippen LogP contribution in [0.1, 0.15) is 0 Å². The second-order valence-electron chi connectivity index (χ2n) is 13.7. The third kappa shape index (κ3) is 5.71. The second-order valence-corrected chi connectivity index (χ2v) is 13.7. The predicted octanol–water partition coefficient (Wildman–Crippen LogP) is 14.8. The van der Waals surface area contributed by atoms with Gasteiger partial charge in [-0.25, -0.2) is 0 Å². The first-order valence-corrected chi connectivity index (χ1v) is 18.4. The number of para-hydroxylation sites is 1. The average Bonchev–Trinajstić information content (AvgIpc) is 3.38. The van der Waals surface area contributed by atoms with Crippen molar-refractivity contribution in [1.29, 1.82) is 0 Å². The Morgan fingerprint density at radius 1 is 0.296 bits per heavy atom. The molecule has 0 aromatic heterocycles. The predicted molar refractivity (Wildman–Crippen MR) is 226 cm³/mol. The van der Waals surface area contributed by atoms with Crippen molar-refractivity contribution in [3.8, 4) is 67.1 Å². The number of ether oxygens (including phenoxy) is 1. The van der Waals surface area contributed by atoms with E-state index in [1.807, 2.05) is 0 Å². The number of fused-ring (bicyclic) bond motifs is 6. The van der Waals surface area contributed by atoms with Crippen molar-refractivity contribution in [2.75, 3.05) is 4.90 Å². The van der Waals surface area contributed by atoms with E-state index in [2.05, 4.69) is 217 Å². The molecule has 254 valence electrons. The molecular formula is C52H35NO. The fraction of sp³-hybridized carbons (Fsp3) is 0. The van der Waals surface area contributed by atoms with Crippen LogP contribution in [-0.2, 0) is 0 Å². The molecule has 0 saturated carbocycles. The van der Waals surface area contributed by atoms with Crippen molar-refractivity contribution in [3.05, 3.63) is 212 Å². The van der Waals surface area contributed by atoms with Crippen molar-refractivity contribution in [2.24, 2.45) is 0 Å². The zero-order valence-electron chi connectivity index (χ0n) is 29.6. The van der Waals surface area contributed by atoms with Gasteiger partial charge in [0.25, 0.3) is 0 Å². The molecule has 0 saturated heterocycles. The molecule has 0 amide bonds. The smallest absolute Gasteiger partial charge is 0.159 e. The quantitative estimate of drug-likeness (QED) is 0.172. The van der Waals surface area contributed by atoms with E-state index in [-0.39, 0.29) is 0 Å². The SMILES string of the molecule is c1ccc(-c2ccc(N(c3ccc(-c4ccccc4)cc3)c3cccc4c3Oc3cc(-c5ccccc5)ccc3-c3cc5ccccc5cc3-4)cc2)cc1. The maximum Gasteiger partial charge on any atom is 0.159 e. The van der Waals surface area contributed by atoms with Gasteiger partial charge in [-0.15, -0.1) is 0 Å². The summed E-state index contributed by atoms with van der Waals surface area (Å²) in [6.07, 6.45) is 0. The number of rotatable bonds is 6. The fourth-order valence-corrected chi connectivity index (χ4v) is 7.75. The van der Waals surface area contributed by atoms with Crippen LogP contribution in [-0.4, -0.2) is 0 Å².